The third-order valence-corrected chi connectivity index (χ3v) is 28.3. The minimum atomic E-state index is -6.83. The Hall–Kier alpha value is -2.15. The summed E-state index contributed by atoms with van der Waals surface area (Å²) < 4.78 is 117. The Labute approximate surface area is 635 Å². The number of nitrogens with one attached hydrogen (secondary N) is 3. The van der Waals surface area contributed by atoms with Gasteiger partial charge in [-0.15, -0.1) is 0 Å². The van der Waals surface area contributed by atoms with Gasteiger partial charge < -0.3 is 19.3 Å². The predicted molar refractivity (Wildman–Crippen MR) is 321 cm³/mol. The molecule has 3 aromatic carbocycles. The molecule has 28 nitrogen and oxygen atoms in total. The normalized spacial score (nSPS) is 20.0. The molecular weight excluding hydrogens is 1390 g/mol. The molecule has 0 spiro atoms. The number of carbonyl (C=O) groups excluding carboxylic acids is 2. The van der Waals surface area contributed by atoms with Gasteiger partial charge in [0, 0.05) is 69.4 Å². The molecular formula is C56H63N6Na4O22P3S3+2. The van der Waals surface area contributed by atoms with E-state index in [2.05, 4.69) is 46.6 Å². The van der Waals surface area contributed by atoms with Gasteiger partial charge in [0.1, 0.15) is 26.8 Å². The quantitative estimate of drug-likeness (QED) is 0.0103. The first-order valence-electron chi connectivity index (χ1n) is 27.8. The fraction of sp³-hybridized carbons (Fsp3) is 0.375. The van der Waals surface area contributed by atoms with Crippen molar-refractivity contribution in [3.63, 3.8) is 0 Å². The molecule has 5 atom stereocenters. The molecule has 2 amide bonds. The van der Waals surface area contributed by atoms with Crippen LogP contribution >= 0.6 is 33.9 Å². The summed E-state index contributed by atoms with van der Waals surface area (Å²) >= 11 is 1.53. The predicted octanol–water partition coefficient (Wildman–Crippen LogP) is -6.22. The van der Waals surface area contributed by atoms with Crippen LogP contribution in [0.15, 0.2) is 143 Å². The zero-order valence-corrected chi connectivity index (χ0v) is 66.2. The average Bonchev–Trinajstić information content (AvgIpc) is 1.17. The molecule has 4 aliphatic rings. The first kappa shape index (κ1) is 84.3. The van der Waals surface area contributed by atoms with Crippen LogP contribution in [0.1, 0.15) is 109 Å². The molecule has 3 aliphatic heterocycles. The number of carbonyl (C=O) groups is 2. The van der Waals surface area contributed by atoms with E-state index >= 15 is 0 Å². The molecule has 1 saturated heterocycles. The van der Waals surface area contributed by atoms with Crippen LogP contribution in [0.5, 0.6) is 0 Å². The number of H-pyrrole nitrogens is 1. The molecule has 484 valence electrons. The van der Waals surface area contributed by atoms with Crippen LogP contribution in [0, 0.1) is 0 Å². The molecule has 0 saturated carbocycles. The van der Waals surface area contributed by atoms with E-state index in [9.17, 15) is 74.4 Å². The summed E-state index contributed by atoms with van der Waals surface area (Å²) in [5, 5.41) is 39.2. The molecule has 5 N–H and O–H groups in total. The van der Waals surface area contributed by atoms with Gasteiger partial charge in [0.25, 0.3) is 0 Å². The van der Waals surface area contributed by atoms with E-state index in [1.165, 1.54) is 36.0 Å². The van der Waals surface area contributed by atoms with Crippen molar-refractivity contribution in [2.24, 2.45) is 0 Å². The monoisotopic (exact) mass is 1450 g/mol. The molecule has 38 heteroatoms. The van der Waals surface area contributed by atoms with E-state index in [0.717, 1.165) is 73.2 Å². The maximum absolute atomic E-state index is 13.2. The number of anilines is 2. The molecule has 1 fully saturated rings. The third kappa shape index (κ3) is 18.1. The van der Waals surface area contributed by atoms with Crippen LogP contribution in [0.25, 0.3) is 6.08 Å². The number of likely N-dealkylation sites (N-methyl/N-ethyl adjacent to an activating group) is 1. The first-order chi connectivity index (χ1) is 42.3. The Morgan fingerprint density at radius 1 is 0.872 bits per heavy atom. The number of allylic oxidation sites excluding steroid dienone is 7. The standard InChI is InChI=1S/C56H65N6O22P3S3.4Na/c1-7-60-43-23-21-39(89(74,75)76)29-41(43)55(3,4)47(60)25-15-34-11-9-12-35(16-26-48-56(5,6)42-30-40(90(77,78)79)22-24-44(42)61(48)8-2)52(34)88-38-19-17-37(18-20-38)58-50(65)14-10-13-49(64)57-28-27-36-32-62(54(67)59-53(36)66)51-31-45(63)46(81-51)33-80-87(83-69,84-82-68,85(70)71)86(72)73;;;;/h15-30,32,45-46,51,63H,7-14,31,33H2,1-6H3,(H6-,57,58,59,64,65,66,67,68,69,74,75,76,77,78,79);;;;/q;4*+1/p-2/b28-27+;;;;. The summed E-state index contributed by atoms with van der Waals surface area (Å²) in [7, 11) is -18.6. The molecule has 1 aliphatic carbocycles. The van der Waals surface area contributed by atoms with Crippen molar-refractivity contribution in [1.82, 2.24) is 14.9 Å². The number of benzene rings is 3. The molecule has 4 aromatic rings. The van der Waals surface area contributed by atoms with Gasteiger partial charge >= 0.3 is 296 Å². The minimum Gasteiger partial charge on any atom is -0.744 e. The summed E-state index contributed by atoms with van der Waals surface area (Å²) in [6.45, 7) is 4.97. The van der Waals surface area contributed by atoms with Crippen LogP contribution in [0.3, 0.4) is 0 Å². The third-order valence-electron chi connectivity index (χ3n) is 15.8. The van der Waals surface area contributed by atoms with Crippen molar-refractivity contribution in [2.75, 3.05) is 29.9 Å². The van der Waals surface area contributed by atoms with Gasteiger partial charge in [-0.25, -0.2) is 16.8 Å². The van der Waals surface area contributed by atoms with Crippen molar-refractivity contribution >= 4 is 94.8 Å². The van der Waals surface area contributed by atoms with E-state index in [-0.39, 0.29) is 159 Å². The van der Waals surface area contributed by atoms with E-state index in [1.807, 2.05) is 70.8 Å². The fourth-order valence-electron chi connectivity index (χ4n) is 11.1. The van der Waals surface area contributed by atoms with Gasteiger partial charge in [-0.3, -0.25) is 9.59 Å². The molecule has 8 rings (SSSR count). The van der Waals surface area contributed by atoms with Crippen molar-refractivity contribution in [3.05, 3.63) is 157 Å². The number of amides is 2. The molecule has 0 radical (unpaired) electrons. The minimum absolute atomic E-state index is 0. The fourth-order valence-corrected chi connectivity index (χ4v) is 17.6. The first-order valence-corrected chi connectivity index (χ1v) is 37.2. The van der Waals surface area contributed by atoms with Gasteiger partial charge in [0.05, 0.1) is 15.2 Å². The molecule has 94 heavy (non-hydrogen) atoms. The Balaban J connectivity index is 0.00000470. The largest absolute Gasteiger partial charge is 1.00 e. The Morgan fingerprint density at radius 3 is 2.10 bits per heavy atom. The number of thioether (sulfide) groups is 1. The Bertz CT molecular complexity index is 4120. The van der Waals surface area contributed by atoms with Crippen molar-refractivity contribution in [1.29, 1.82) is 0 Å². The van der Waals surface area contributed by atoms with E-state index < -0.39 is 102 Å². The number of fused-ring (bicyclic) bond motifs is 2. The second-order valence-electron chi connectivity index (χ2n) is 22.1. The van der Waals surface area contributed by atoms with Gasteiger partial charge in [-0.2, -0.15) is 4.58 Å². The number of hydrogen-bond donors (Lipinski definition) is 5. The zero-order chi connectivity index (χ0) is 65.9. The number of aromatic amines is 1. The van der Waals surface area contributed by atoms with E-state index in [4.69, 9.17) is 14.5 Å². The molecule has 0 bridgehead atoms. The number of aromatic nitrogens is 2. The smallest absolute Gasteiger partial charge is 0.744 e. The van der Waals surface area contributed by atoms with Crippen LogP contribution in [0.2, 0.25) is 0 Å². The molecule has 1 aromatic heterocycles. The second kappa shape index (κ2) is 34.5. The van der Waals surface area contributed by atoms with Gasteiger partial charge in [0.2, 0.25) is 11.6 Å². The zero-order valence-electron chi connectivity index (χ0n) is 53.1. The summed E-state index contributed by atoms with van der Waals surface area (Å²) in [4.78, 5) is 80.6. The molecule has 4 heterocycles. The average molecular weight is 1450 g/mol. The number of ether oxygens (including phenoxy) is 1. The van der Waals surface area contributed by atoms with Crippen LogP contribution in [0.4, 0.5) is 17.1 Å². The van der Waals surface area contributed by atoms with Gasteiger partial charge in [-0.1, -0.05) is 37.8 Å². The SMILES string of the molecule is CCN1/C(=C/C=C2\CCCC(/C=C/C3=[N+](CC)c4ccc(S(=O)(=O)[O-])cc4C3(C)C)=C2Sc2ccc(NC(=O)CCCC(=O)N/C=C/c3cn(C4CC(O)C(COP(O[O-])(OOO)([P+](=O)[O-])[P+](=O)[O-])O4)c(=O)[nH]c3=O)cc2)C(C)(C)c2cc(S(=O)(=O)[O-])ccc21.[Na+].[Na+].[Na+].[Na+]. The maximum Gasteiger partial charge on any atom is 1.00 e. The second-order valence-corrected chi connectivity index (χ2v) is 36.1. The van der Waals surface area contributed by atoms with Gasteiger partial charge in [-0.05, 0) is 131 Å². The van der Waals surface area contributed by atoms with Crippen molar-refractivity contribution in [2.45, 2.75) is 130 Å². The number of nitrogens with zero attached hydrogens (tertiary/aromatic N) is 3. The summed E-state index contributed by atoms with van der Waals surface area (Å²) in [6.07, 6.45) is 8.50. The van der Waals surface area contributed by atoms with Crippen LogP contribution < -0.4 is 160 Å². The summed E-state index contributed by atoms with van der Waals surface area (Å²) in [5.41, 5.74) is 3.79. The Morgan fingerprint density at radius 2 is 1.50 bits per heavy atom. The molecule has 5 unspecified atom stereocenters. The number of rotatable bonds is 25. The topological polar surface area (TPSA) is 424 Å². The number of aliphatic hydroxyl groups is 1. The van der Waals surface area contributed by atoms with E-state index in [0.29, 0.717) is 42.7 Å². The Kier molecular flexibility index (Phi) is 30.9. The van der Waals surface area contributed by atoms with E-state index in [1.54, 1.807) is 24.3 Å². The number of hydrogen-bond acceptors (Lipinski definition) is 24. The van der Waals surface area contributed by atoms with Gasteiger partial charge in [0.15, 0.2) is 5.71 Å². The maximum atomic E-state index is 13.2. The summed E-state index contributed by atoms with van der Waals surface area (Å²) in [6, 6.07) is 16.1. The van der Waals surface area contributed by atoms with Crippen LogP contribution in [-0.2, 0) is 73.4 Å². The van der Waals surface area contributed by atoms with Crippen molar-refractivity contribution < 1.29 is 217 Å². The van der Waals surface area contributed by atoms with Crippen molar-refractivity contribution in [3.8, 4) is 0 Å². The van der Waals surface area contributed by atoms with Crippen LogP contribution in [-0.4, -0.2) is 99.9 Å². The summed E-state index contributed by atoms with van der Waals surface area (Å²) in [5.74, 6) is -0.932. The number of aliphatic hydroxyl groups excluding tert-OH is 1.